The van der Waals surface area contributed by atoms with E-state index in [1.807, 2.05) is 0 Å². The SMILES string of the molecule is C=CCOc1cc(=O)cc2oc3cc(O)ccc3nc1-2. The molecule has 1 N–H and O–H groups in total. The van der Waals surface area contributed by atoms with E-state index in [2.05, 4.69) is 11.6 Å². The predicted molar refractivity (Wildman–Crippen MR) is 74.3 cm³/mol. The largest absolute Gasteiger partial charge is 0.508 e. The molecule has 0 atom stereocenters. The quantitative estimate of drug-likeness (QED) is 0.584. The van der Waals surface area contributed by atoms with E-state index in [4.69, 9.17) is 9.15 Å². The molecule has 1 aliphatic carbocycles. The number of hydrogen-bond donors (Lipinski definition) is 1. The van der Waals surface area contributed by atoms with Crippen molar-refractivity contribution in [3.8, 4) is 23.0 Å². The average molecular weight is 269 g/mol. The van der Waals surface area contributed by atoms with E-state index in [9.17, 15) is 9.90 Å². The van der Waals surface area contributed by atoms with Gasteiger partial charge in [0.05, 0.1) is 0 Å². The van der Waals surface area contributed by atoms with E-state index >= 15 is 0 Å². The van der Waals surface area contributed by atoms with E-state index in [0.29, 0.717) is 28.3 Å². The van der Waals surface area contributed by atoms with Crippen LogP contribution in [0.25, 0.3) is 22.6 Å². The molecule has 0 aromatic heterocycles. The number of nitrogens with zero attached hydrogens (tertiary/aromatic N) is 1. The molecule has 20 heavy (non-hydrogen) atoms. The van der Waals surface area contributed by atoms with Crippen LogP contribution in [-0.4, -0.2) is 16.7 Å². The summed E-state index contributed by atoms with van der Waals surface area (Å²) in [6.07, 6.45) is 1.58. The summed E-state index contributed by atoms with van der Waals surface area (Å²) in [7, 11) is 0. The maximum atomic E-state index is 11.6. The highest BCUT2D eigenvalue weighted by atomic mass is 16.5. The molecule has 1 aromatic rings. The van der Waals surface area contributed by atoms with E-state index in [-0.39, 0.29) is 17.8 Å². The molecule has 0 amide bonds. The molecule has 0 bridgehead atoms. The van der Waals surface area contributed by atoms with Gasteiger partial charge in [-0.15, -0.1) is 0 Å². The average Bonchev–Trinajstić information content (AvgIpc) is 2.42. The molecule has 2 aliphatic rings. The number of hydrogen-bond acceptors (Lipinski definition) is 5. The van der Waals surface area contributed by atoms with Crippen molar-refractivity contribution in [1.82, 2.24) is 4.98 Å². The number of aromatic nitrogens is 1. The summed E-state index contributed by atoms with van der Waals surface area (Å²) in [5.74, 6) is 0.740. The van der Waals surface area contributed by atoms with Gasteiger partial charge in [0.1, 0.15) is 23.6 Å². The van der Waals surface area contributed by atoms with Crippen molar-refractivity contribution < 1.29 is 14.3 Å². The van der Waals surface area contributed by atoms with Gasteiger partial charge in [-0.3, -0.25) is 4.79 Å². The Morgan fingerprint density at radius 3 is 3.00 bits per heavy atom. The molecule has 1 aliphatic heterocycles. The van der Waals surface area contributed by atoms with Crippen LogP contribution in [0.1, 0.15) is 0 Å². The zero-order valence-corrected chi connectivity index (χ0v) is 10.5. The number of aromatic hydroxyl groups is 1. The van der Waals surface area contributed by atoms with Gasteiger partial charge in [0.25, 0.3) is 0 Å². The molecule has 5 nitrogen and oxygen atoms in total. The topological polar surface area (TPSA) is 72.6 Å². The van der Waals surface area contributed by atoms with Crippen molar-refractivity contribution >= 4 is 11.1 Å². The lowest BCUT2D eigenvalue weighted by molar-refractivity contribution is 0.361. The van der Waals surface area contributed by atoms with Gasteiger partial charge < -0.3 is 14.3 Å². The lowest BCUT2D eigenvalue weighted by atomic mass is 10.2. The van der Waals surface area contributed by atoms with Crippen molar-refractivity contribution in [2.24, 2.45) is 0 Å². The predicted octanol–water partition coefficient (Wildman–Crippen LogP) is 2.56. The highest BCUT2D eigenvalue weighted by molar-refractivity contribution is 5.79. The van der Waals surface area contributed by atoms with Gasteiger partial charge in [-0.05, 0) is 12.1 Å². The van der Waals surface area contributed by atoms with Crippen LogP contribution in [0, 0.1) is 0 Å². The van der Waals surface area contributed by atoms with Gasteiger partial charge in [0.15, 0.2) is 22.5 Å². The molecule has 0 spiro atoms. The van der Waals surface area contributed by atoms with Gasteiger partial charge >= 0.3 is 0 Å². The monoisotopic (exact) mass is 269 g/mol. The lowest BCUT2D eigenvalue weighted by Gasteiger charge is -2.11. The number of rotatable bonds is 3. The van der Waals surface area contributed by atoms with Gasteiger partial charge in [-0.2, -0.15) is 0 Å². The zero-order chi connectivity index (χ0) is 14.1. The van der Waals surface area contributed by atoms with Crippen molar-refractivity contribution in [3.05, 3.63) is 53.2 Å². The molecular formula is C15H11NO4. The molecule has 3 rings (SSSR count). The Morgan fingerprint density at radius 1 is 1.35 bits per heavy atom. The summed E-state index contributed by atoms with van der Waals surface area (Å²) >= 11 is 0. The minimum Gasteiger partial charge on any atom is -0.508 e. The lowest BCUT2D eigenvalue weighted by Crippen LogP contribution is -2.05. The van der Waals surface area contributed by atoms with Crippen LogP contribution in [0.15, 0.2) is 52.2 Å². The van der Waals surface area contributed by atoms with Crippen molar-refractivity contribution in [3.63, 3.8) is 0 Å². The molecule has 100 valence electrons. The Morgan fingerprint density at radius 2 is 2.20 bits per heavy atom. The highest BCUT2D eigenvalue weighted by Gasteiger charge is 2.16. The van der Waals surface area contributed by atoms with Crippen LogP contribution >= 0.6 is 0 Å². The van der Waals surface area contributed by atoms with Crippen LogP contribution in [0.3, 0.4) is 0 Å². The zero-order valence-electron chi connectivity index (χ0n) is 10.5. The summed E-state index contributed by atoms with van der Waals surface area (Å²) < 4.78 is 11.0. The third-order valence-electron chi connectivity index (χ3n) is 2.77. The van der Waals surface area contributed by atoms with E-state index < -0.39 is 0 Å². The molecule has 0 unspecified atom stereocenters. The number of phenols is 1. The summed E-state index contributed by atoms with van der Waals surface area (Å²) in [6.45, 7) is 3.83. The second kappa shape index (κ2) is 4.70. The normalized spacial score (nSPS) is 10.8. The summed E-state index contributed by atoms with van der Waals surface area (Å²) in [6, 6.07) is 7.30. The minimum atomic E-state index is -0.235. The van der Waals surface area contributed by atoms with Crippen molar-refractivity contribution in [1.29, 1.82) is 0 Å². The van der Waals surface area contributed by atoms with Gasteiger partial charge in [0, 0.05) is 18.2 Å². The fourth-order valence-corrected chi connectivity index (χ4v) is 1.92. The molecular weight excluding hydrogens is 258 g/mol. The van der Waals surface area contributed by atoms with Crippen LogP contribution in [0.2, 0.25) is 0 Å². The molecule has 1 heterocycles. The number of phenolic OH excluding ortho intramolecular Hbond substituents is 1. The highest BCUT2D eigenvalue weighted by Crippen LogP contribution is 2.32. The molecule has 0 radical (unpaired) electrons. The smallest absolute Gasteiger partial charge is 0.186 e. The first-order valence-electron chi connectivity index (χ1n) is 5.99. The Hall–Kier alpha value is -2.82. The maximum Gasteiger partial charge on any atom is 0.186 e. The summed E-state index contributed by atoms with van der Waals surface area (Å²) in [5, 5.41) is 9.44. The first-order chi connectivity index (χ1) is 9.67. The van der Waals surface area contributed by atoms with E-state index in [1.165, 1.54) is 24.3 Å². The molecule has 0 saturated carbocycles. The van der Waals surface area contributed by atoms with E-state index in [1.54, 1.807) is 12.1 Å². The second-order valence-corrected chi connectivity index (χ2v) is 4.23. The van der Waals surface area contributed by atoms with Gasteiger partial charge in [-0.25, -0.2) is 4.98 Å². The molecule has 0 fully saturated rings. The third kappa shape index (κ3) is 2.09. The van der Waals surface area contributed by atoms with Crippen LogP contribution in [0.5, 0.6) is 11.5 Å². The first-order valence-corrected chi connectivity index (χ1v) is 5.99. The Bertz CT molecular complexity index is 822. The maximum absolute atomic E-state index is 11.6. The van der Waals surface area contributed by atoms with Gasteiger partial charge in [-0.1, -0.05) is 12.7 Å². The second-order valence-electron chi connectivity index (χ2n) is 4.23. The Kier molecular flexibility index (Phi) is 2.87. The Labute approximate surface area is 114 Å². The van der Waals surface area contributed by atoms with Crippen molar-refractivity contribution in [2.45, 2.75) is 0 Å². The fraction of sp³-hybridized carbons (Fsp3) is 0.0667. The minimum absolute atomic E-state index is 0.0730. The molecule has 1 aromatic carbocycles. The number of fused-ring (bicyclic) bond motifs is 2. The van der Waals surface area contributed by atoms with Gasteiger partial charge in [0.2, 0.25) is 0 Å². The van der Waals surface area contributed by atoms with Crippen LogP contribution in [0.4, 0.5) is 0 Å². The first kappa shape index (κ1) is 12.2. The third-order valence-corrected chi connectivity index (χ3v) is 2.77. The van der Waals surface area contributed by atoms with Crippen LogP contribution in [-0.2, 0) is 0 Å². The van der Waals surface area contributed by atoms with Crippen molar-refractivity contribution in [2.75, 3.05) is 6.61 Å². The summed E-state index contributed by atoms with van der Waals surface area (Å²) in [4.78, 5) is 16.0. The van der Waals surface area contributed by atoms with E-state index in [0.717, 1.165) is 0 Å². The fourth-order valence-electron chi connectivity index (χ4n) is 1.92. The van der Waals surface area contributed by atoms with Crippen LogP contribution < -0.4 is 10.2 Å². The Balaban J connectivity index is 2.29. The standard InChI is InChI=1S/C15H11NO4/c1-2-5-19-13-7-10(18)8-14-15(13)16-11-4-3-9(17)6-12(11)20-14/h2-4,6-8,17H,1,5H2. The summed E-state index contributed by atoms with van der Waals surface area (Å²) in [5.41, 5.74) is 1.20. The number of ether oxygens (including phenoxy) is 1. The molecule has 0 saturated heterocycles. The number of benzene rings is 2. The molecule has 5 heteroatoms.